The van der Waals surface area contributed by atoms with Crippen LogP contribution in [0.5, 0.6) is 0 Å². The molecule has 2 aromatic carbocycles. The molecule has 0 saturated heterocycles. The van der Waals surface area contributed by atoms with Crippen LogP contribution in [-0.2, 0) is 6.54 Å². The number of anilines is 1. The van der Waals surface area contributed by atoms with Gasteiger partial charge >= 0.3 is 0 Å². The van der Waals surface area contributed by atoms with Crippen molar-refractivity contribution in [2.24, 2.45) is 0 Å². The van der Waals surface area contributed by atoms with Crippen LogP contribution >= 0.6 is 11.6 Å². The number of aromatic nitrogens is 2. The van der Waals surface area contributed by atoms with E-state index in [0.717, 1.165) is 11.1 Å². The van der Waals surface area contributed by atoms with Crippen molar-refractivity contribution >= 4 is 23.2 Å². The van der Waals surface area contributed by atoms with Crippen molar-refractivity contribution in [2.45, 2.75) is 13.5 Å². The highest BCUT2D eigenvalue weighted by Crippen LogP contribution is 2.18. The molecule has 0 radical (unpaired) electrons. The summed E-state index contributed by atoms with van der Waals surface area (Å²) < 4.78 is 15.3. The molecule has 4 nitrogen and oxygen atoms in total. The highest BCUT2D eigenvalue weighted by Gasteiger charge is 2.12. The van der Waals surface area contributed by atoms with Gasteiger partial charge in [-0.3, -0.25) is 9.48 Å². The molecule has 0 unspecified atom stereocenters. The fourth-order valence-electron chi connectivity index (χ4n) is 2.30. The van der Waals surface area contributed by atoms with Gasteiger partial charge in [-0.2, -0.15) is 5.10 Å². The van der Waals surface area contributed by atoms with E-state index in [9.17, 15) is 9.18 Å². The molecule has 0 spiro atoms. The summed E-state index contributed by atoms with van der Waals surface area (Å²) in [7, 11) is 0. The van der Waals surface area contributed by atoms with E-state index < -0.39 is 11.7 Å². The van der Waals surface area contributed by atoms with E-state index in [1.807, 2.05) is 25.1 Å². The van der Waals surface area contributed by atoms with Gasteiger partial charge in [0.05, 0.1) is 24.0 Å². The first kappa shape index (κ1) is 16.2. The fraction of sp³-hybridized carbons (Fsp3) is 0.111. The molecule has 122 valence electrons. The van der Waals surface area contributed by atoms with Crippen molar-refractivity contribution in [1.29, 1.82) is 0 Å². The molecule has 0 aliphatic heterocycles. The second-order valence-electron chi connectivity index (χ2n) is 5.46. The van der Waals surface area contributed by atoms with Crippen LogP contribution in [-0.4, -0.2) is 15.7 Å². The lowest BCUT2D eigenvalue weighted by molar-refractivity contribution is 0.102. The minimum atomic E-state index is -0.475. The summed E-state index contributed by atoms with van der Waals surface area (Å²) in [6, 6.07) is 12.0. The number of hydrogen-bond acceptors (Lipinski definition) is 2. The van der Waals surface area contributed by atoms with E-state index in [2.05, 4.69) is 10.4 Å². The topological polar surface area (TPSA) is 46.9 Å². The monoisotopic (exact) mass is 343 g/mol. The molecule has 24 heavy (non-hydrogen) atoms. The first-order valence-electron chi connectivity index (χ1n) is 7.36. The lowest BCUT2D eigenvalue weighted by atomic mass is 10.2. The molecule has 1 amide bonds. The third-order valence-corrected chi connectivity index (χ3v) is 3.92. The number of nitrogens with zero attached hydrogens (tertiary/aromatic N) is 2. The third-order valence-electron chi connectivity index (χ3n) is 3.56. The number of benzene rings is 2. The Labute approximate surface area is 143 Å². The number of rotatable bonds is 4. The van der Waals surface area contributed by atoms with Crippen LogP contribution in [0.15, 0.2) is 54.9 Å². The molecule has 6 heteroatoms. The Morgan fingerprint density at radius 3 is 2.88 bits per heavy atom. The van der Waals surface area contributed by atoms with E-state index in [-0.39, 0.29) is 5.69 Å². The van der Waals surface area contributed by atoms with Crippen molar-refractivity contribution in [2.75, 3.05) is 5.32 Å². The second kappa shape index (κ2) is 6.84. The fourth-order valence-corrected chi connectivity index (χ4v) is 2.49. The number of carbonyl (C=O) groups excluding carboxylic acids is 1. The van der Waals surface area contributed by atoms with Crippen molar-refractivity contribution in [3.8, 4) is 0 Å². The highest BCUT2D eigenvalue weighted by molar-refractivity contribution is 6.31. The van der Waals surface area contributed by atoms with Gasteiger partial charge in [0.2, 0.25) is 0 Å². The number of halogens is 2. The molecule has 0 fully saturated rings. The van der Waals surface area contributed by atoms with E-state index in [4.69, 9.17) is 11.6 Å². The van der Waals surface area contributed by atoms with Gasteiger partial charge < -0.3 is 5.32 Å². The summed E-state index contributed by atoms with van der Waals surface area (Å²) >= 11 is 6.12. The Morgan fingerprint density at radius 1 is 1.29 bits per heavy atom. The molecule has 0 saturated carbocycles. The molecule has 1 heterocycles. The summed E-state index contributed by atoms with van der Waals surface area (Å²) in [6.07, 6.45) is 3.05. The van der Waals surface area contributed by atoms with E-state index in [0.29, 0.717) is 17.1 Å². The zero-order valence-corrected chi connectivity index (χ0v) is 13.7. The van der Waals surface area contributed by atoms with Gasteiger partial charge in [0.15, 0.2) is 0 Å². The van der Waals surface area contributed by atoms with Gasteiger partial charge in [0, 0.05) is 11.2 Å². The number of hydrogen-bond donors (Lipinski definition) is 1. The summed E-state index contributed by atoms with van der Waals surface area (Å²) in [6.45, 7) is 2.28. The van der Waals surface area contributed by atoms with Gasteiger partial charge in [-0.15, -0.1) is 0 Å². The molecular weight excluding hydrogens is 329 g/mol. The van der Waals surface area contributed by atoms with E-state index >= 15 is 0 Å². The number of amides is 1. The lowest BCUT2D eigenvalue weighted by Gasteiger charge is -2.06. The Hall–Kier alpha value is -2.66. The number of carbonyl (C=O) groups is 1. The zero-order valence-electron chi connectivity index (χ0n) is 13.0. The minimum Gasteiger partial charge on any atom is -0.319 e. The van der Waals surface area contributed by atoms with Crippen molar-refractivity contribution in [3.63, 3.8) is 0 Å². The lowest BCUT2D eigenvalue weighted by Crippen LogP contribution is -2.12. The predicted molar refractivity (Wildman–Crippen MR) is 91.9 cm³/mol. The van der Waals surface area contributed by atoms with Gasteiger partial charge in [0.25, 0.3) is 5.91 Å². The minimum absolute atomic E-state index is 0.152. The predicted octanol–water partition coefficient (Wildman–Crippen LogP) is 4.28. The Bertz CT molecular complexity index is 891. The van der Waals surface area contributed by atoms with E-state index in [1.54, 1.807) is 29.1 Å². The molecule has 1 N–H and O–H groups in total. The molecular formula is C18H15ClFN3O. The average molecular weight is 344 g/mol. The third kappa shape index (κ3) is 3.63. The molecule has 1 aromatic heterocycles. The Kier molecular flexibility index (Phi) is 4.62. The summed E-state index contributed by atoms with van der Waals surface area (Å²) in [4.78, 5) is 12.3. The second-order valence-corrected chi connectivity index (χ2v) is 5.86. The maximum Gasteiger partial charge on any atom is 0.258 e. The van der Waals surface area contributed by atoms with Crippen molar-refractivity contribution < 1.29 is 9.18 Å². The van der Waals surface area contributed by atoms with Crippen LogP contribution in [0.1, 0.15) is 21.5 Å². The van der Waals surface area contributed by atoms with Gasteiger partial charge in [0.1, 0.15) is 5.82 Å². The Morgan fingerprint density at radius 2 is 2.08 bits per heavy atom. The molecule has 0 atom stereocenters. The molecule has 0 aliphatic carbocycles. The maximum atomic E-state index is 13.7. The standard InChI is InChI=1S/C18H15ClFN3O/c1-12-6-7-16(20)17(8-12)22-18(24)14-9-21-23(11-14)10-13-4-2-3-5-15(13)19/h2-9,11H,10H2,1H3,(H,22,24). The largest absolute Gasteiger partial charge is 0.319 e. The first-order chi connectivity index (χ1) is 11.5. The average Bonchev–Trinajstić information content (AvgIpc) is 3.02. The molecule has 0 aliphatic rings. The van der Waals surface area contributed by atoms with Crippen LogP contribution in [0.25, 0.3) is 0 Å². The van der Waals surface area contributed by atoms with E-state index in [1.165, 1.54) is 12.3 Å². The normalized spacial score (nSPS) is 10.6. The summed E-state index contributed by atoms with van der Waals surface area (Å²) in [5, 5.41) is 7.36. The molecule has 0 bridgehead atoms. The summed E-state index contributed by atoms with van der Waals surface area (Å²) in [5.41, 5.74) is 2.27. The summed E-state index contributed by atoms with van der Waals surface area (Å²) in [5.74, 6) is -0.887. The van der Waals surface area contributed by atoms with Crippen molar-refractivity contribution in [1.82, 2.24) is 9.78 Å². The van der Waals surface area contributed by atoms with Gasteiger partial charge in [-0.05, 0) is 36.2 Å². The maximum absolute atomic E-state index is 13.7. The smallest absolute Gasteiger partial charge is 0.258 e. The van der Waals surface area contributed by atoms with Gasteiger partial charge in [-0.1, -0.05) is 35.9 Å². The quantitative estimate of drug-likeness (QED) is 0.768. The van der Waals surface area contributed by atoms with Crippen LogP contribution < -0.4 is 5.32 Å². The zero-order chi connectivity index (χ0) is 17.1. The Balaban J connectivity index is 1.74. The highest BCUT2D eigenvalue weighted by atomic mass is 35.5. The SMILES string of the molecule is Cc1ccc(F)c(NC(=O)c2cnn(Cc3ccccc3Cl)c2)c1. The van der Waals surface area contributed by atoms with Crippen LogP contribution in [0, 0.1) is 12.7 Å². The van der Waals surface area contributed by atoms with Crippen LogP contribution in [0.4, 0.5) is 10.1 Å². The first-order valence-corrected chi connectivity index (χ1v) is 7.74. The number of aryl methyl sites for hydroxylation is 1. The number of nitrogens with one attached hydrogen (secondary N) is 1. The van der Waals surface area contributed by atoms with Crippen LogP contribution in [0.2, 0.25) is 5.02 Å². The van der Waals surface area contributed by atoms with Crippen LogP contribution in [0.3, 0.4) is 0 Å². The molecule has 3 rings (SSSR count). The van der Waals surface area contributed by atoms with Gasteiger partial charge in [-0.25, -0.2) is 4.39 Å². The molecule has 3 aromatic rings. The van der Waals surface area contributed by atoms with Crippen molar-refractivity contribution in [3.05, 3.63) is 82.4 Å².